The van der Waals surface area contributed by atoms with Gasteiger partial charge in [-0.25, -0.2) is 0 Å². The average molecular weight is 283 g/mol. The first kappa shape index (κ1) is 12.0. The van der Waals surface area contributed by atoms with Crippen LogP contribution < -0.4 is 0 Å². The number of hydrogen-bond donors (Lipinski definition) is 1. The highest BCUT2D eigenvalue weighted by Crippen LogP contribution is 2.31. The van der Waals surface area contributed by atoms with E-state index >= 15 is 0 Å². The highest BCUT2D eigenvalue weighted by atomic mass is 79.9. The van der Waals surface area contributed by atoms with Crippen molar-refractivity contribution >= 4 is 22.2 Å². The van der Waals surface area contributed by atoms with Crippen molar-refractivity contribution in [3.63, 3.8) is 0 Å². The number of phenolic OH excluding ortho intramolecular Hbond substituents is 1. The zero-order chi connectivity index (χ0) is 11.6. The lowest BCUT2D eigenvalue weighted by atomic mass is 10.1. The number of hydrogen-bond acceptors (Lipinski definition) is 2. The summed E-state index contributed by atoms with van der Waals surface area (Å²) in [6.45, 7) is 0. The highest BCUT2D eigenvalue weighted by Gasteiger charge is 2.29. The molecule has 1 aromatic rings. The molecule has 6 heteroatoms. The zero-order valence-corrected chi connectivity index (χ0v) is 8.89. The lowest BCUT2D eigenvalue weighted by Gasteiger charge is -2.10. The number of carbonyl (C=O) groups is 1. The van der Waals surface area contributed by atoms with Crippen LogP contribution in [0.1, 0.15) is 15.9 Å². The minimum Gasteiger partial charge on any atom is -0.507 e. The van der Waals surface area contributed by atoms with E-state index in [-0.39, 0.29) is 11.1 Å². The fourth-order valence-electron chi connectivity index (χ4n) is 1.12. The summed E-state index contributed by atoms with van der Waals surface area (Å²) in [4.78, 5) is 10.4. The Bertz CT molecular complexity index is 388. The van der Waals surface area contributed by atoms with Gasteiger partial charge in [0.1, 0.15) is 5.75 Å². The Kier molecular flexibility index (Phi) is 3.38. The van der Waals surface area contributed by atoms with Gasteiger partial charge in [-0.05, 0) is 12.1 Å². The van der Waals surface area contributed by atoms with Gasteiger partial charge in [0.15, 0.2) is 6.29 Å². The molecule has 0 amide bonds. The molecular formula is C9H6BrF3O2. The van der Waals surface area contributed by atoms with Gasteiger partial charge in [-0.1, -0.05) is 15.9 Å². The minimum atomic E-state index is -4.42. The Morgan fingerprint density at radius 3 is 2.47 bits per heavy atom. The van der Waals surface area contributed by atoms with Crippen LogP contribution in [0.15, 0.2) is 16.6 Å². The van der Waals surface area contributed by atoms with Crippen molar-refractivity contribution in [3.05, 3.63) is 27.7 Å². The molecule has 0 fully saturated rings. The summed E-state index contributed by atoms with van der Waals surface area (Å²) in [5.41, 5.74) is -0.484. The molecule has 15 heavy (non-hydrogen) atoms. The van der Waals surface area contributed by atoms with Gasteiger partial charge in [0.2, 0.25) is 0 Å². The van der Waals surface area contributed by atoms with Crippen LogP contribution >= 0.6 is 15.9 Å². The van der Waals surface area contributed by atoms with Gasteiger partial charge in [0.25, 0.3) is 0 Å². The van der Waals surface area contributed by atoms with Crippen LogP contribution in [-0.4, -0.2) is 17.6 Å². The molecule has 0 radical (unpaired) electrons. The van der Waals surface area contributed by atoms with E-state index in [9.17, 15) is 23.1 Å². The Morgan fingerprint density at radius 1 is 1.40 bits per heavy atom. The van der Waals surface area contributed by atoms with Crippen LogP contribution in [0.5, 0.6) is 5.75 Å². The molecule has 0 atom stereocenters. The highest BCUT2D eigenvalue weighted by molar-refractivity contribution is 9.10. The SMILES string of the molecule is O=Cc1cc(Br)cc(CC(F)(F)F)c1O. The normalized spacial score (nSPS) is 11.5. The Hall–Kier alpha value is -1.04. The standard InChI is InChI=1S/C9H6BrF3O2/c10-7-1-5(3-9(11,12)13)8(15)6(2-7)4-14/h1-2,4,15H,3H2. The van der Waals surface area contributed by atoms with Crippen LogP contribution in [0.25, 0.3) is 0 Å². The third kappa shape index (κ3) is 3.23. The molecule has 0 saturated carbocycles. The summed E-state index contributed by atoms with van der Waals surface area (Å²) in [6, 6.07) is 2.39. The first-order valence-electron chi connectivity index (χ1n) is 3.87. The maximum Gasteiger partial charge on any atom is 0.393 e. The van der Waals surface area contributed by atoms with Crippen LogP contribution in [0.3, 0.4) is 0 Å². The van der Waals surface area contributed by atoms with Crippen molar-refractivity contribution in [2.24, 2.45) is 0 Å². The Labute approximate surface area is 91.8 Å². The number of aldehydes is 1. The number of halogens is 4. The molecule has 0 unspecified atom stereocenters. The van der Waals surface area contributed by atoms with Crippen LogP contribution in [0.4, 0.5) is 13.2 Å². The lowest BCUT2D eigenvalue weighted by molar-refractivity contribution is -0.127. The number of carbonyl (C=O) groups excluding carboxylic acids is 1. The Morgan fingerprint density at radius 2 is 2.00 bits per heavy atom. The maximum atomic E-state index is 12.1. The van der Waals surface area contributed by atoms with Crippen molar-refractivity contribution in [2.45, 2.75) is 12.6 Å². The van der Waals surface area contributed by atoms with Crippen molar-refractivity contribution in [1.29, 1.82) is 0 Å². The molecule has 0 aliphatic rings. The maximum absolute atomic E-state index is 12.1. The van der Waals surface area contributed by atoms with Gasteiger partial charge in [-0.3, -0.25) is 4.79 Å². The number of alkyl halides is 3. The largest absolute Gasteiger partial charge is 0.507 e. The van der Waals surface area contributed by atoms with Crippen LogP contribution in [0.2, 0.25) is 0 Å². The zero-order valence-electron chi connectivity index (χ0n) is 7.31. The van der Waals surface area contributed by atoms with Gasteiger partial charge < -0.3 is 5.11 Å². The number of phenols is 1. The second kappa shape index (κ2) is 4.22. The first-order valence-corrected chi connectivity index (χ1v) is 4.66. The number of aromatic hydroxyl groups is 1. The quantitative estimate of drug-likeness (QED) is 0.847. The molecule has 1 rings (SSSR count). The summed E-state index contributed by atoms with van der Waals surface area (Å²) in [5.74, 6) is -0.620. The summed E-state index contributed by atoms with van der Waals surface area (Å²) < 4.78 is 36.5. The molecule has 0 spiro atoms. The molecular weight excluding hydrogens is 277 g/mol. The fraction of sp³-hybridized carbons (Fsp3) is 0.222. The van der Waals surface area contributed by atoms with Crippen molar-refractivity contribution < 1.29 is 23.1 Å². The molecule has 0 bridgehead atoms. The Balaban J connectivity index is 3.18. The molecule has 0 aliphatic carbocycles. The van der Waals surface area contributed by atoms with E-state index in [1.165, 1.54) is 6.07 Å². The van der Waals surface area contributed by atoms with Crippen LogP contribution in [-0.2, 0) is 6.42 Å². The van der Waals surface area contributed by atoms with Crippen molar-refractivity contribution in [1.82, 2.24) is 0 Å². The van der Waals surface area contributed by atoms with E-state index in [2.05, 4.69) is 15.9 Å². The second-order valence-electron chi connectivity index (χ2n) is 2.91. The van der Waals surface area contributed by atoms with Gasteiger partial charge in [-0.2, -0.15) is 13.2 Å². The minimum absolute atomic E-state index is 0.163. The van der Waals surface area contributed by atoms with E-state index in [0.29, 0.717) is 10.8 Å². The van der Waals surface area contributed by atoms with Gasteiger partial charge in [0, 0.05) is 10.0 Å². The molecule has 0 heterocycles. The summed E-state index contributed by atoms with van der Waals surface area (Å²) >= 11 is 2.96. The third-order valence-electron chi connectivity index (χ3n) is 1.70. The van der Waals surface area contributed by atoms with E-state index in [1.54, 1.807) is 0 Å². The predicted octanol–water partition coefficient (Wildman–Crippen LogP) is 3.07. The topological polar surface area (TPSA) is 37.3 Å². The summed E-state index contributed by atoms with van der Waals surface area (Å²) in [6.07, 6.45) is -5.38. The molecule has 2 nitrogen and oxygen atoms in total. The van der Waals surface area contributed by atoms with E-state index in [0.717, 1.165) is 6.07 Å². The van der Waals surface area contributed by atoms with Crippen LogP contribution in [0, 0.1) is 0 Å². The van der Waals surface area contributed by atoms with Gasteiger partial charge >= 0.3 is 6.18 Å². The third-order valence-corrected chi connectivity index (χ3v) is 2.16. The second-order valence-corrected chi connectivity index (χ2v) is 3.83. The molecule has 0 aliphatic heterocycles. The first-order chi connectivity index (χ1) is 6.83. The van der Waals surface area contributed by atoms with E-state index in [1.807, 2.05) is 0 Å². The average Bonchev–Trinajstić information content (AvgIpc) is 2.08. The lowest BCUT2D eigenvalue weighted by Crippen LogP contribution is -2.12. The molecule has 82 valence electrons. The van der Waals surface area contributed by atoms with Gasteiger partial charge in [-0.15, -0.1) is 0 Å². The van der Waals surface area contributed by atoms with E-state index < -0.39 is 18.3 Å². The van der Waals surface area contributed by atoms with Crippen molar-refractivity contribution in [2.75, 3.05) is 0 Å². The fourth-order valence-corrected chi connectivity index (χ4v) is 1.64. The number of benzene rings is 1. The smallest absolute Gasteiger partial charge is 0.393 e. The monoisotopic (exact) mass is 282 g/mol. The van der Waals surface area contributed by atoms with Gasteiger partial charge in [0.05, 0.1) is 12.0 Å². The molecule has 0 saturated heterocycles. The molecule has 1 N–H and O–H groups in total. The van der Waals surface area contributed by atoms with E-state index in [4.69, 9.17) is 0 Å². The summed E-state index contributed by atoms with van der Waals surface area (Å²) in [5, 5.41) is 9.32. The number of rotatable bonds is 2. The molecule has 0 aromatic heterocycles. The molecule has 1 aromatic carbocycles. The predicted molar refractivity (Wildman–Crippen MR) is 51.0 cm³/mol. The van der Waals surface area contributed by atoms with Crippen molar-refractivity contribution in [3.8, 4) is 5.75 Å². The summed E-state index contributed by atoms with van der Waals surface area (Å²) in [7, 11) is 0.